The van der Waals surface area contributed by atoms with Crippen LogP contribution >= 0.6 is 11.3 Å². The third-order valence-corrected chi connectivity index (χ3v) is 5.40. The normalized spacial score (nSPS) is 18.8. The van der Waals surface area contributed by atoms with Crippen LogP contribution in [0.5, 0.6) is 5.75 Å². The molecular weight excluding hydrogens is 320 g/mol. The second kappa shape index (κ2) is 6.84. The fourth-order valence-corrected chi connectivity index (χ4v) is 4.18. The first-order valence-corrected chi connectivity index (χ1v) is 8.93. The van der Waals surface area contributed by atoms with Gasteiger partial charge in [-0.05, 0) is 29.8 Å². The molecule has 3 aromatic rings. The third kappa shape index (κ3) is 3.13. The molecule has 0 spiro atoms. The molecule has 5 nitrogen and oxygen atoms in total. The van der Waals surface area contributed by atoms with Crippen molar-refractivity contribution >= 4 is 21.6 Å². The lowest BCUT2D eigenvalue weighted by Crippen LogP contribution is -2.45. The van der Waals surface area contributed by atoms with E-state index in [2.05, 4.69) is 27.3 Å². The summed E-state index contributed by atoms with van der Waals surface area (Å²) in [7, 11) is 1.70. The number of hydrogen-bond donors (Lipinski definition) is 1. The van der Waals surface area contributed by atoms with Crippen LogP contribution in [0, 0.1) is 0 Å². The van der Waals surface area contributed by atoms with E-state index in [1.807, 2.05) is 30.6 Å². The summed E-state index contributed by atoms with van der Waals surface area (Å²) >= 11 is 1.75. The van der Waals surface area contributed by atoms with Gasteiger partial charge in [0, 0.05) is 38.1 Å². The van der Waals surface area contributed by atoms with Crippen LogP contribution in [0.1, 0.15) is 16.6 Å². The lowest BCUT2D eigenvalue weighted by atomic mass is 10.1. The van der Waals surface area contributed by atoms with Crippen molar-refractivity contribution in [3.05, 3.63) is 53.3 Å². The number of ether oxygens (including phenoxy) is 1. The Morgan fingerprint density at radius 2 is 2.33 bits per heavy atom. The molecule has 0 radical (unpaired) electrons. The summed E-state index contributed by atoms with van der Waals surface area (Å²) in [6.07, 6.45) is 3.79. The molecule has 0 amide bonds. The van der Waals surface area contributed by atoms with Crippen molar-refractivity contribution in [3.8, 4) is 5.75 Å². The Kier molecular flexibility index (Phi) is 4.42. The lowest BCUT2D eigenvalue weighted by Gasteiger charge is -2.35. The van der Waals surface area contributed by atoms with Gasteiger partial charge in [-0.3, -0.25) is 9.88 Å². The number of hydrogen-bond acceptors (Lipinski definition) is 6. The minimum absolute atomic E-state index is 0.342. The fourth-order valence-electron chi connectivity index (χ4n) is 3.16. The molecule has 0 bridgehead atoms. The van der Waals surface area contributed by atoms with Crippen molar-refractivity contribution in [1.82, 2.24) is 20.2 Å². The zero-order chi connectivity index (χ0) is 16.4. The Labute approximate surface area is 145 Å². The topological polar surface area (TPSA) is 50.3 Å². The first-order chi connectivity index (χ1) is 11.8. The smallest absolute Gasteiger partial charge is 0.120 e. The number of benzene rings is 1. The van der Waals surface area contributed by atoms with Gasteiger partial charge in [0.2, 0.25) is 0 Å². The number of pyridine rings is 1. The molecule has 124 valence electrons. The van der Waals surface area contributed by atoms with E-state index >= 15 is 0 Å². The first-order valence-electron chi connectivity index (χ1n) is 8.11. The molecule has 3 heterocycles. The summed E-state index contributed by atoms with van der Waals surface area (Å²) in [6, 6.07) is 10.6. The minimum Gasteiger partial charge on any atom is -0.497 e. The van der Waals surface area contributed by atoms with Gasteiger partial charge in [0.25, 0.3) is 0 Å². The van der Waals surface area contributed by atoms with Gasteiger partial charge in [0.05, 0.1) is 23.9 Å². The molecule has 4 rings (SSSR count). The van der Waals surface area contributed by atoms with Crippen molar-refractivity contribution in [3.63, 3.8) is 0 Å². The predicted octanol–water partition coefficient (Wildman–Crippen LogP) is 2.85. The van der Waals surface area contributed by atoms with Crippen LogP contribution in [-0.4, -0.2) is 41.6 Å². The SMILES string of the molecule is COc1ccc2nc(CN3CCNCC3c3cccnc3)sc2c1. The van der Waals surface area contributed by atoms with Crippen molar-refractivity contribution in [2.45, 2.75) is 12.6 Å². The molecule has 0 saturated carbocycles. The van der Waals surface area contributed by atoms with E-state index < -0.39 is 0 Å². The summed E-state index contributed by atoms with van der Waals surface area (Å²) in [6.45, 7) is 3.83. The molecule has 1 aliphatic rings. The van der Waals surface area contributed by atoms with Gasteiger partial charge in [-0.2, -0.15) is 0 Å². The highest BCUT2D eigenvalue weighted by Gasteiger charge is 2.24. The first kappa shape index (κ1) is 15.5. The van der Waals surface area contributed by atoms with Crippen LogP contribution in [0.25, 0.3) is 10.2 Å². The second-order valence-electron chi connectivity index (χ2n) is 5.92. The highest BCUT2D eigenvalue weighted by atomic mass is 32.1. The van der Waals surface area contributed by atoms with E-state index in [1.54, 1.807) is 18.4 Å². The van der Waals surface area contributed by atoms with Crippen molar-refractivity contribution in [2.75, 3.05) is 26.7 Å². The van der Waals surface area contributed by atoms with Crippen LogP contribution in [-0.2, 0) is 6.54 Å². The third-order valence-electron chi connectivity index (χ3n) is 4.40. The van der Waals surface area contributed by atoms with E-state index in [0.717, 1.165) is 42.5 Å². The number of methoxy groups -OCH3 is 1. The molecule has 2 aromatic heterocycles. The Balaban J connectivity index is 1.58. The number of piperazine rings is 1. The fraction of sp³-hybridized carbons (Fsp3) is 0.333. The average Bonchev–Trinajstić information content (AvgIpc) is 3.04. The van der Waals surface area contributed by atoms with Crippen LogP contribution in [0.3, 0.4) is 0 Å². The molecule has 1 aliphatic heterocycles. The van der Waals surface area contributed by atoms with E-state index in [1.165, 1.54) is 10.3 Å². The van der Waals surface area contributed by atoms with Gasteiger partial charge in [-0.25, -0.2) is 4.98 Å². The van der Waals surface area contributed by atoms with E-state index in [0.29, 0.717) is 6.04 Å². The maximum atomic E-state index is 5.31. The van der Waals surface area contributed by atoms with Gasteiger partial charge in [0.15, 0.2) is 0 Å². The number of thiazole rings is 1. The zero-order valence-electron chi connectivity index (χ0n) is 13.6. The Hall–Kier alpha value is -2.02. The predicted molar refractivity (Wildman–Crippen MR) is 96.4 cm³/mol. The van der Waals surface area contributed by atoms with Gasteiger partial charge in [-0.15, -0.1) is 11.3 Å². The van der Waals surface area contributed by atoms with E-state index in [-0.39, 0.29) is 0 Å². The molecule has 1 fully saturated rings. The number of nitrogens with zero attached hydrogens (tertiary/aromatic N) is 3. The monoisotopic (exact) mass is 340 g/mol. The molecule has 24 heavy (non-hydrogen) atoms. The van der Waals surface area contributed by atoms with Gasteiger partial charge in [-0.1, -0.05) is 6.07 Å². The molecule has 1 atom stereocenters. The molecule has 1 unspecified atom stereocenters. The summed E-state index contributed by atoms with van der Waals surface area (Å²) in [4.78, 5) is 11.6. The maximum absolute atomic E-state index is 5.31. The van der Waals surface area contributed by atoms with Crippen molar-refractivity contribution < 1.29 is 4.74 Å². The number of rotatable bonds is 4. The summed E-state index contributed by atoms with van der Waals surface area (Å²) < 4.78 is 6.49. The molecule has 1 aromatic carbocycles. The van der Waals surface area contributed by atoms with Crippen molar-refractivity contribution in [2.24, 2.45) is 0 Å². The molecular formula is C18H20N4OS. The second-order valence-corrected chi connectivity index (χ2v) is 7.03. The molecule has 1 N–H and O–H groups in total. The Morgan fingerprint density at radius 1 is 1.38 bits per heavy atom. The van der Waals surface area contributed by atoms with Crippen LogP contribution in [0.4, 0.5) is 0 Å². The van der Waals surface area contributed by atoms with E-state index in [9.17, 15) is 0 Å². The van der Waals surface area contributed by atoms with E-state index in [4.69, 9.17) is 9.72 Å². The number of nitrogens with one attached hydrogen (secondary N) is 1. The summed E-state index contributed by atoms with van der Waals surface area (Å²) in [5.41, 5.74) is 2.30. The van der Waals surface area contributed by atoms with Gasteiger partial charge in [0.1, 0.15) is 10.8 Å². The highest BCUT2D eigenvalue weighted by Crippen LogP contribution is 2.29. The van der Waals surface area contributed by atoms with Crippen LogP contribution in [0.2, 0.25) is 0 Å². The standard InChI is InChI=1S/C18H20N4OS/c1-23-14-4-5-15-17(9-14)24-18(21-15)12-22-8-7-20-11-16(22)13-3-2-6-19-10-13/h2-6,9-10,16,20H,7-8,11-12H2,1H3. The molecule has 1 saturated heterocycles. The molecule has 6 heteroatoms. The lowest BCUT2D eigenvalue weighted by molar-refractivity contribution is 0.153. The Morgan fingerprint density at radius 3 is 3.17 bits per heavy atom. The average molecular weight is 340 g/mol. The minimum atomic E-state index is 0.342. The Bertz CT molecular complexity index is 820. The zero-order valence-corrected chi connectivity index (χ0v) is 14.4. The summed E-state index contributed by atoms with van der Waals surface area (Å²) in [5.74, 6) is 0.883. The van der Waals surface area contributed by atoms with Gasteiger partial charge >= 0.3 is 0 Å². The highest BCUT2D eigenvalue weighted by molar-refractivity contribution is 7.18. The quantitative estimate of drug-likeness (QED) is 0.791. The molecule has 0 aliphatic carbocycles. The van der Waals surface area contributed by atoms with Gasteiger partial charge < -0.3 is 10.1 Å². The maximum Gasteiger partial charge on any atom is 0.120 e. The number of fused-ring (bicyclic) bond motifs is 1. The largest absolute Gasteiger partial charge is 0.497 e. The van der Waals surface area contributed by atoms with Crippen LogP contribution in [0.15, 0.2) is 42.7 Å². The number of aromatic nitrogens is 2. The van der Waals surface area contributed by atoms with Crippen LogP contribution < -0.4 is 10.1 Å². The summed E-state index contributed by atoms with van der Waals surface area (Å²) in [5, 5.41) is 4.64. The van der Waals surface area contributed by atoms with Crippen molar-refractivity contribution in [1.29, 1.82) is 0 Å².